The van der Waals surface area contributed by atoms with Gasteiger partial charge in [0.15, 0.2) is 0 Å². The Morgan fingerprint density at radius 2 is 1.37 bits per heavy atom. The molecule has 0 heterocycles. The summed E-state index contributed by atoms with van der Waals surface area (Å²) < 4.78 is 15.2. The third kappa shape index (κ3) is 9.40. The Kier molecular flexibility index (Phi) is 10.7. The maximum Gasteiger partial charge on any atom is 0.343 e. The van der Waals surface area contributed by atoms with Gasteiger partial charge in [0, 0.05) is 13.3 Å². The van der Waals surface area contributed by atoms with Crippen LogP contribution in [-0.4, -0.2) is 48.2 Å². The molecule has 0 aromatic heterocycles. The topological polar surface area (TPSA) is 108 Å². The molecule has 27 heavy (non-hydrogen) atoms. The quantitative estimate of drug-likeness (QED) is 0.251. The van der Waals surface area contributed by atoms with E-state index in [-0.39, 0.29) is 32.0 Å². The Labute approximate surface area is 161 Å². The molecule has 0 aliphatic heterocycles. The van der Waals surface area contributed by atoms with Crippen molar-refractivity contribution in [2.75, 3.05) is 13.2 Å². The van der Waals surface area contributed by atoms with E-state index in [0.29, 0.717) is 19.3 Å². The second-order valence-corrected chi connectivity index (χ2v) is 7.17. The van der Waals surface area contributed by atoms with Gasteiger partial charge < -0.3 is 19.5 Å². The van der Waals surface area contributed by atoms with Gasteiger partial charge in [-0.05, 0) is 53.9 Å². The van der Waals surface area contributed by atoms with Crippen LogP contribution in [0.3, 0.4) is 0 Å². The molecule has 0 rings (SSSR count). The number of unbranched alkanes of at least 4 members (excludes halogenated alkanes) is 2. The molecule has 0 saturated carbocycles. The van der Waals surface area contributed by atoms with E-state index in [4.69, 9.17) is 14.2 Å². The molecular formula is C19H33NO7. The molecule has 156 valence electrons. The molecule has 8 nitrogen and oxygen atoms in total. The first kappa shape index (κ1) is 24.9. The minimum atomic E-state index is -1.87. The zero-order valence-electron chi connectivity index (χ0n) is 17.3. The first-order valence-corrected chi connectivity index (χ1v) is 9.33. The lowest BCUT2D eigenvalue weighted by molar-refractivity contribution is -0.168. The Balaban J connectivity index is 4.93. The fourth-order valence-electron chi connectivity index (χ4n) is 2.49. The monoisotopic (exact) mass is 387 g/mol. The molecule has 0 aliphatic rings. The van der Waals surface area contributed by atoms with E-state index >= 15 is 0 Å². The predicted molar refractivity (Wildman–Crippen MR) is 98.7 cm³/mol. The van der Waals surface area contributed by atoms with Crippen LogP contribution in [0.2, 0.25) is 0 Å². The number of rotatable bonds is 11. The summed E-state index contributed by atoms with van der Waals surface area (Å²) in [6, 6.07) is 0. The van der Waals surface area contributed by atoms with Crippen LogP contribution in [0.1, 0.15) is 73.6 Å². The number of ether oxygens (including phenoxy) is 3. The van der Waals surface area contributed by atoms with E-state index < -0.39 is 29.0 Å². The van der Waals surface area contributed by atoms with Gasteiger partial charge in [-0.15, -0.1) is 0 Å². The number of nitrogens with one attached hydrogen (secondary N) is 1. The normalized spacial score (nSPS) is 11.5. The molecule has 0 spiro atoms. The van der Waals surface area contributed by atoms with Crippen molar-refractivity contribution in [2.24, 2.45) is 0 Å². The molecule has 0 unspecified atom stereocenters. The maximum absolute atomic E-state index is 12.4. The van der Waals surface area contributed by atoms with Crippen LogP contribution in [-0.2, 0) is 33.4 Å². The van der Waals surface area contributed by atoms with E-state index in [9.17, 15) is 19.2 Å². The third-order valence-corrected chi connectivity index (χ3v) is 3.49. The average molecular weight is 387 g/mol. The van der Waals surface area contributed by atoms with Crippen molar-refractivity contribution in [1.29, 1.82) is 0 Å². The zero-order chi connectivity index (χ0) is 21.1. The number of carbonyl (C=O) groups is 4. The van der Waals surface area contributed by atoms with Crippen molar-refractivity contribution in [1.82, 2.24) is 5.32 Å². The summed E-state index contributed by atoms with van der Waals surface area (Å²) in [7, 11) is 0. The highest BCUT2D eigenvalue weighted by Gasteiger charge is 2.49. The summed E-state index contributed by atoms with van der Waals surface area (Å²) in [5.74, 6) is -2.52. The van der Waals surface area contributed by atoms with Crippen molar-refractivity contribution >= 4 is 23.8 Å². The predicted octanol–water partition coefficient (Wildman–Crippen LogP) is 2.28. The van der Waals surface area contributed by atoms with Crippen LogP contribution in [0.15, 0.2) is 0 Å². The van der Waals surface area contributed by atoms with Crippen LogP contribution in [0.5, 0.6) is 0 Å². The first-order valence-electron chi connectivity index (χ1n) is 9.33. The number of amides is 1. The minimum Gasteiger partial charge on any atom is -0.464 e. The smallest absolute Gasteiger partial charge is 0.343 e. The van der Waals surface area contributed by atoms with Crippen LogP contribution in [0, 0.1) is 0 Å². The summed E-state index contributed by atoms with van der Waals surface area (Å²) in [4.78, 5) is 48.2. The van der Waals surface area contributed by atoms with E-state index in [1.54, 1.807) is 34.6 Å². The second kappa shape index (κ2) is 11.6. The van der Waals surface area contributed by atoms with Crippen molar-refractivity contribution in [3.05, 3.63) is 0 Å². The van der Waals surface area contributed by atoms with Crippen LogP contribution in [0.4, 0.5) is 0 Å². The van der Waals surface area contributed by atoms with Crippen molar-refractivity contribution in [2.45, 2.75) is 84.8 Å². The molecule has 0 atom stereocenters. The van der Waals surface area contributed by atoms with Gasteiger partial charge in [0.1, 0.15) is 5.60 Å². The number of carbonyl (C=O) groups excluding carboxylic acids is 4. The maximum atomic E-state index is 12.4. The number of hydrogen-bond donors (Lipinski definition) is 1. The highest BCUT2D eigenvalue weighted by molar-refractivity contribution is 6.07. The molecule has 0 bridgehead atoms. The highest BCUT2D eigenvalue weighted by Crippen LogP contribution is 2.21. The molecule has 0 aromatic carbocycles. The Bertz CT molecular complexity index is 505. The summed E-state index contributed by atoms with van der Waals surface area (Å²) in [6.45, 7) is 9.97. The fourth-order valence-corrected chi connectivity index (χ4v) is 2.49. The first-order chi connectivity index (χ1) is 12.5. The third-order valence-electron chi connectivity index (χ3n) is 3.49. The van der Waals surface area contributed by atoms with Gasteiger partial charge in [0.2, 0.25) is 11.4 Å². The number of hydrogen-bond acceptors (Lipinski definition) is 7. The number of esters is 3. The van der Waals surface area contributed by atoms with Crippen molar-refractivity contribution in [3.8, 4) is 0 Å². The van der Waals surface area contributed by atoms with Gasteiger partial charge in [-0.3, -0.25) is 9.59 Å². The van der Waals surface area contributed by atoms with Gasteiger partial charge in [-0.25, -0.2) is 9.59 Å². The summed E-state index contributed by atoms with van der Waals surface area (Å²) in [6.07, 6.45) is 1.79. The molecule has 1 N–H and O–H groups in total. The lowest BCUT2D eigenvalue weighted by Crippen LogP contribution is -2.61. The van der Waals surface area contributed by atoms with Crippen molar-refractivity contribution in [3.63, 3.8) is 0 Å². The summed E-state index contributed by atoms with van der Waals surface area (Å²) in [5, 5.41) is 2.41. The molecule has 0 radical (unpaired) electrons. The SMILES string of the molecule is CCOC(=O)C(CCCCCC(=O)OC(C)(C)C)(NC(C)=O)C(=O)OCC. The lowest BCUT2D eigenvalue weighted by Gasteiger charge is -2.29. The molecule has 0 fully saturated rings. The van der Waals surface area contributed by atoms with E-state index in [0.717, 1.165) is 0 Å². The van der Waals surface area contributed by atoms with Crippen LogP contribution in [0.25, 0.3) is 0 Å². The fraction of sp³-hybridized carbons (Fsp3) is 0.789. The van der Waals surface area contributed by atoms with Gasteiger partial charge in [0.05, 0.1) is 13.2 Å². The standard InChI is InChI=1S/C19H33NO7/c1-7-25-16(23)19(20-14(3)21,17(24)26-8-2)13-11-9-10-12-15(22)27-18(4,5)6/h7-13H2,1-6H3,(H,20,21). The largest absolute Gasteiger partial charge is 0.464 e. The van der Waals surface area contributed by atoms with E-state index in [2.05, 4.69) is 5.32 Å². The van der Waals surface area contributed by atoms with Crippen LogP contribution < -0.4 is 5.32 Å². The lowest BCUT2D eigenvalue weighted by atomic mass is 9.91. The van der Waals surface area contributed by atoms with Gasteiger partial charge in [-0.1, -0.05) is 6.42 Å². The average Bonchev–Trinajstić information content (AvgIpc) is 2.51. The second-order valence-electron chi connectivity index (χ2n) is 7.17. The summed E-state index contributed by atoms with van der Waals surface area (Å²) >= 11 is 0. The van der Waals surface area contributed by atoms with Crippen LogP contribution >= 0.6 is 0 Å². The molecule has 0 aromatic rings. The molecule has 1 amide bonds. The summed E-state index contributed by atoms with van der Waals surface area (Å²) in [5.41, 5.74) is -2.41. The molecule has 8 heteroatoms. The van der Waals surface area contributed by atoms with Crippen molar-refractivity contribution < 1.29 is 33.4 Å². The van der Waals surface area contributed by atoms with Gasteiger partial charge in [-0.2, -0.15) is 0 Å². The van der Waals surface area contributed by atoms with E-state index in [1.807, 2.05) is 0 Å². The van der Waals surface area contributed by atoms with Gasteiger partial charge in [0.25, 0.3) is 0 Å². The molecule has 0 saturated heterocycles. The minimum absolute atomic E-state index is 0.0264. The highest BCUT2D eigenvalue weighted by atomic mass is 16.6. The van der Waals surface area contributed by atoms with Gasteiger partial charge >= 0.3 is 17.9 Å². The Hall–Kier alpha value is -2.12. The van der Waals surface area contributed by atoms with E-state index in [1.165, 1.54) is 6.92 Å². The molecule has 0 aliphatic carbocycles. The molecular weight excluding hydrogens is 354 g/mol. The Morgan fingerprint density at radius 1 is 0.852 bits per heavy atom. The zero-order valence-corrected chi connectivity index (χ0v) is 17.3. The Morgan fingerprint density at radius 3 is 1.78 bits per heavy atom.